The van der Waals surface area contributed by atoms with Gasteiger partial charge in [-0.3, -0.25) is 14.6 Å². The summed E-state index contributed by atoms with van der Waals surface area (Å²) in [5.74, 6) is -2.58. The molecule has 0 aliphatic carbocycles. The first kappa shape index (κ1) is 62.8. The molecule has 2 aliphatic rings. The Kier molecular flexibility index (Phi) is 20.0. The summed E-state index contributed by atoms with van der Waals surface area (Å²) in [7, 11) is -7.06. The number of pyridine rings is 1. The summed E-state index contributed by atoms with van der Waals surface area (Å²) in [6.07, 6.45) is 5.40. The number of anilines is 4. The lowest BCUT2D eigenvalue weighted by Gasteiger charge is -2.26. The van der Waals surface area contributed by atoms with Crippen molar-refractivity contribution in [3.8, 4) is 5.75 Å². The maximum atomic E-state index is 14.3. The van der Waals surface area contributed by atoms with E-state index in [0.717, 1.165) is 22.9 Å². The number of aromatic nitrogens is 2. The number of carbonyl (C=O) groups excluding carboxylic acids is 6. The van der Waals surface area contributed by atoms with Gasteiger partial charge >= 0.3 is 24.0 Å². The summed E-state index contributed by atoms with van der Waals surface area (Å²) in [5, 5.41) is 13.0. The van der Waals surface area contributed by atoms with E-state index in [1.54, 1.807) is 76.7 Å². The average Bonchev–Trinajstić information content (AvgIpc) is 2.22. The molecule has 25 heteroatoms. The van der Waals surface area contributed by atoms with Crippen LogP contribution in [0, 0.1) is 19.8 Å². The molecule has 2 saturated heterocycles. The first-order chi connectivity index (χ1) is 41.6. The topological polar surface area (TPSA) is 296 Å². The number of amides is 6. The van der Waals surface area contributed by atoms with Crippen LogP contribution in [-0.4, -0.2) is 111 Å². The van der Waals surface area contributed by atoms with Gasteiger partial charge in [-0.15, -0.1) is 11.3 Å². The molecule has 87 heavy (non-hydrogen) atoms. The molecule has 5 unspecified atom stereocenters. The third-order valence-corrected chi connectivity index (χ3v) is 18.3. The number of rotatable bonds is 22. The van der Waals surface area contributed by atoms with Crippen LogP contribution in [0.3, 0.4) is 0 Å². The molecule has 22 nitrogen and oxygen atoms in total. The van der Waals surface area contributed by atoms with E-state index in [2.05, 4.69) is 40.7 Å². The van der Waals surface area contributed by atoms with Crippen molar-refractivity contribution in [1.82, 2.24) is 29.2 Å². The number of aromatic amines is 1. The van der Waals surface area contributed by atoms with Crippen molar-refractivity contribution >= 4 is 89.9 Å². The van der Waals surface area contributed by atoms with Gasteiger partial charge < -0.3 is 45.5 Å². The molecule has 0 saturated carbocycles. The second kappa shape index (κ2) is 27.7. The smallest absolute Gasteiger partial charge is 0.332 e. The van der Waals surface area contributed by atoms with E-state index in [4.69, 9.17) is 9.47 Å². The molecule has 0 spiro atoms. The molecule has 456 valence electrons. The van der Waals surface area contributed by atoms with Crippen LogP contribution in [0.5, 0.6) is 5.75 Å². The molecule has 9 rings (SSSR count). The molecule has 7 N–H and O–H groups in total. The molecule has 3 aromatic heterocycles. The van der Waals surface area contributed by atoms with E-state index >= 15 is 0 Å². The Labute approximate surface area is 508 Å². The van der Waals surface area contributed by atoms with Crippen LogP contribution in [0.25, 0.3) is 0 Å². The number of urea groups is 2. The molecule has 4 aromatic carbocycles. The number of aryl methyl sites for hydroxylation is 2. The maximum Gasteiger partial charge on any atom is 0.332 e. The highest BCUT2D eigenvalue weighted by atomic mass is 32.2. The Balaban J connectivity index is 0.848. The standard InChI is InChI=1S/C62H68N10O12S3/c1-38-14-9-11-18-49(38)66-61(77)65-45-23-22-44(64-36-45)33-57(74)72-27-25-40(3)58(72)42-30-46(63-35-42)32-52(69-86(5,79)80)59(75)84-60(76)53(70-87(81,82)48-16-7-6-8-17-48)34-47-31-43(37-85-47)54-20-13-26-71(54)56(73)29-41-21-24-51(55(28-41)83-4)68-62(78)67-50-19-12-10-15-39(50)2/h6-12,14-19,21-24,28,30-31,35-37,40,52-54,58,63,69-70H,13,20,25-27,29,32-34H2,1-5H3,(H2,65,66,77)(H2,67,68,78). The Morgan fingerprint density at radius 2 is 1.33 bits per heavy atom. The molecule has 5 heterocycles. The minimum atomic E-state index is -4.41. The summed E-state index contributed by atoms with van der Waals surface area (Å²) in [6, 6.07) is 29.0. The van der Waals surface area contributed by atoms with Crippen LogP contribution < -0.4 is 35.4 Å². The van der Waals surface area contributed by atoms with Crippen LogP contribution in [0.1, 0.15) is 82.4 Å². The predicted octanol–water partition coefficient (Wildman–Crippen LogP) is 8.56. The number of thiophene rings is 1. The summed E-state index contributed by atoms with van der Waals surface area (Å²) in [5.41, 5.74) is 6.90. The minimum Gasteiger partial charge on any atom is -0.495 e. The summed E-state index contributed by atoms with van der Waals surface area (Å²) >= 11 is 1.23. The predicted molar refractivity (Wildman–Crippen MR) is 330 cm³/mol. The van der Waals surface area contributed by atoms with Gasteiger partial charge in [0, 0.05) is 59.8 Å². The molecule has 7 aromatic rings. The van der Waals surface area contributed by atoms with Crippen LogP contribution >= 0.6 is 11.3 Å². The van der Waals surface area contributed by atoms with Crippen molar-refractivity contribution in [2.24, 2.45) is 5.92 Å². The first-order valence-corrected chi connectivity index (χ1v) is 32.4. The molecule has 0 radical (unpaired) electrons. The number of esters is 2. The molecule has 6 amide bonds. The van der Waals surface area contributed by atoms with E-state index in [-0.39, 0.29) is 54.4 Å². The molecule has 5 atom stereocenters. The van der Waals surface area contributed by atoms with Gasteiger partial charge in [0.2, 0.25) is 31.9 Å². The van der Waals surface area contributed by atoms with E-state index in [1.807, 2.05) is 62.5 Å². The summed E-state index contributed by atoms with van der Waals surface area (Å²) < 4.78 is 68.9. The van der Waals surface area contributed by atoms with Gasteiger partial charge in [-0.1, -0.05) is 67.6 Å². The number of hydrogen-bond acceptors (Lipinski definition) is 14. The van der Waals surface area contributed by atoms with Gasteiger partial charge in [0.05, 0.1) is 60.8 Å². The highest BCUT2D eigenvalue weighted by Crippen LogP contribution is 2.39. The Morgan fingerprint density at radius 1 is 0.690 bits per heavy atom. The van der Waals surface area contributed by atoms with E-state index < -0.39 is 62.2 Å². The van der Waals surface area contributed by atoms with Crippen molar-refractivity contribution in [3.05, 3.63) is 183 Å². The second-order valence-corrected chi connectivity index (χ2v) is 26.1. The van der Waals surface area contributed by atoms with Gasteiger partial charge in [-0.25, -0.2) is 40.7 Å². The van der Waals surface area contributed by atoms with Crippen LogP contribution in [0.4, 0.5) is 32.3 Å². The fourth-order valence-corrected chi connectivity index (χ4v) is 13.7. The van der Waals surface area contributed by atoms with Crippen molar-refractivity contribution in [2.45, 2.75) is 94.8 Å². The zero-order chi connectivity index (χ0) is 62.0. The number of ether oxygens (including phenoxy) is 2. The Bertz CT molecular complexity index is 3900. The SMILES string of the molecule is COc1cc(CC(=O)N2CCCC2c2csc(CC(NS(=O)(=O)c3ccccc3)C(=O)OC(=O)C(Cc3cc(C4C(C)CCN4C(=O)Cc4ccc(NC(=O)Nc5ccccc5C)cn4)c[nH]3)NS(C)(=O)=O)c2)ccc1NC(=O)Nc1ccccc1C. The number of para-hydroxylation sites is 2. The highest BCUT2D eigenvalue weighted by molar-refractivity contribution is 7.89. The van der Waals surface area contributed by atoms with Gasteiger partial charge in [-0.2, -0.15) is 4.72 Å². The van der Waals surface area contributed by atoms with Gasteiger partial charge in [0.15, 0.2) is 0 Å². The maximum absolute atomic E-state index is 14.3. The molecular formula is C62H68N10O12S3. The summed E-state index contributed by atoms with van der Waals surface area (Å²) in [6.45, 7) is 6.68. The van der Waals surface area contributed by atoms with Crippen molar-refractivity contribution in [2.75, 3.05) is 47.7 Å². The zero-order valence-corrected chi connectivity index (χ0v) is 50.9. The van der Waals surface area contributed by atoms with Crippen LogP contribution in [0.2, 0.25) is 0 Å². The van der Waals surface area contributed by atoms with E-state index in [9.17, 15) is 45.6 Å². The van der Waals surface area contributed by atoms with E-state index in [0.29, 0.717) is 88.2 Å². The number of methoxy groups -OCH3 is 1. The number of likely N-dealkylation sites (tertiary alicyclic amines) is 2. The molecule has 2 fully saturated rings. The largest absolute Gasteiger partial charge is 0.495 e. The van der Waals surface area contributed by atoms with Crippen LogP contribution in [-0.2, 0) is 69.6 Å². The summed E-state index contributed by atoms with van der Waals surface area (Å²) in [4.78, 5) is 93.2. The second-order valence-electron chi connectivity index (χ2n) is 21.6. The number of benzene rings is 4. The lowest BCUT2D eigenvalue weighted by molar-refractivity contribution is -0.162. The first-order valence-electron chi connectivity index (χ1n) is 28.1. The van der Waals surface area contributed by atoms with Crippen molar-refractivity contribution in [3.63, 3.8) is 0 Å². The van der Waals surface area contributed by atoms with Gasteiger partial charge in [0.1, 0.15) is 17.8 Å². The number of H-pyrrole nitrogens is 1. The number of nitrogens with zero attached hydrogens (tertiary/aromatic N) is 3. The van der Waals surface area contributed by atoms with Crippen molar-refractivity contribution < 1.29 is 55.1 Å². The fraction of sp³-hybridized carbons (Fsp3) is 0.306. The monoisotopic (exact) mass is 1240 g/mol. The lowest BCUT2D eigenvalue weighted by atomic mass is 9.97. The number of carbonyl (C=O) groups is 6. The molecule has 0 bridgehead atoms. The van der Waals surface area contributed by atoms with Crippen LogP contribution in [0.15, 0.2) is 144 Å². The minimum absolute atomic E-state index is 0.00325. The zero-order valence-electron chi connectivity index (χ0n) is 48.5. The third-order valence-electron chi connectivity index (χ3n) is 15.1. The normalized spacial score (nSPS) is 16.6. The van der Waals surface area contributed by atoms with Gasteiger partial charge in [-0.05, 0) is 133 Å². The molecular weight excluding hydrogens is 1170 g/mol. The molecule has 2 aliphatic heterocycles. The fourth-order valence-electron chi connectivity index (χ4n) is 10.8. The quantitative estimate of drug-likeness (QED) is 0.0247. The Hall–Kier alpha value is -8.75. The highest BCUT2D eigenvalue weighted by Gasteiger charge is 2.38. The third kappa shape index (κ3) is 16.4. The van der Waals surface area contributed by atoms with Gasteiger partial charge in [0.25, 0.3) is 0 Å². The van der Waals surface area contributed by atoms with E-state index in [1.165, 1.54) is 48.9 Å². The number of hydrogen-bond donors (Lipinski definition) is 7. The number of sulfonamides is 2. The Morgan fingerprint density at radius 3 is 1.99 bits per heavy atom. The lowest BCUT2D eigenvalue weighted by Crippen LogP contribution is -2.48. The van der Waals surface area contributed by atoms with Crippen molar-refractivity contribution in [1.29, 1.82) is 0 Å². The number of nitrogens with one attached hydrogen (secondary N) is 7. The average molecular weight is 1240 g/mol.